The van der Waals surface area contributed by atoms with Gasteiger partial charge in [-0.05, 0) is 12.8 Å². The number of morpholine rings is 1. The number of ether oxygens (including phenoxy) is 2. The summed E-state index contributed by atoms with van der Waals surface area (Å²) in [6, 6.07) is 12.0. The fourth-order valence-electron chi connectivity index (χ4n) is 4.51. The number of carbonyl (C=O) groups excluding carboxylic acids is 1. The number of amides is 1. The van der Waals surface area contributed by atoms with Crippen LogP contribution < -0.4 is 5.32 Å². The van der Waals surface area contributed by atoms with Crippen molar-refractivity contribution in [3.63, 3.8) is 0 Å². The van der Waals surface area contributed by atoms with E-state index in [9.17, 15) is 4.79 Å². The van der Waals surface area contributed by atoms with Crippen molar-refractivity contribution in [1.82, 2.24) is 15.4 Å². The van der Waals surface area contributed by atoms with Crippen LogP contribution in [0.3, 0.4) is 0 Å². The highest BCUT2D eigenvalue weighted by Crippen LogP contribution is 2.35. The van der Waals surface area contributed by atoms with E-state index in [0.717, 1.165) is 55.8 Å². The highest BCUT2D eigenvalue weighted by atomic mass is 16.5. The van der Waals surface area contributed by atoms with E-state index in [1.54, 1.807) is 0 Å². The Hall–Kier alpha value is -2.22. The first-order chi connectivity index (χ1) is 14.2. The molecule has 2 atom stereocenters. The maximum atomic E-state index is 12.1. The molecular formula is C22H29N3O4. The molecule has 2 heterocycles. The third-order valence-electron chi connectivity index (χ3n) is 5.88. The van der Waals surface area contributed by atoms with Crippen LogP contribution in [0.15, 0.2) is 40.9 Å². The molecule has 0 radical (unpaired) electrons. The van der Waals surface area contributed by atoms with Gasteiger partial charge in [0, 0.05) is 38.4 Å². The second-order valence-corrected chi connectivity index (χ2v) is 7.97. The van der Waals surface area contributed by atoms with Crippen LogP contribution in [0.5, 0.6) is 0 Å². The van der Waals surface area contributed by atoms with Crippen molar-refractivity contribution in [1.29, 1.82) is 0 Å². The van der Waals surface area contributed by atoms with Crippen LogP contribution in [-0.2, 0) is 20.8 Å². The molecule has 2 fully saturated rings. The van der Waals surface area contributed by atoms with Crippen LogP contribution in [0.4, 0.5) is 0 Å². The lowest BCUT2D eigenvalue weighted by atomic mass is 9.78. The predicted octanol–water partition coefficient (Wildman–Crippen LogP) is 2.62. The third kappa shape index (κ3) is 4.69. The normalized spacial score (nSPS) is 25.2. The fourth-order valence-corrected chi connectivity index (χ4v) is 4.51. The Bertz CT molecular complexity index is 805. The lowest BCUT2D eigenvalue weighted by molar-refractivity contribution is -0.153. The molecule has 1 aromatic heterocycles. The largest absolute Gasteiger partial charge is 0.375 e. The number of benzene rings is 1. The van der Waals surface area contributed by atoms with Gasteiger partial charge < -0.3 is 19.3 Å². The maximum Gasteiger partial charge on any atom is 0.246 e. The van der Waals surface area contributed by atoms with Crippen LogP contribution in [-0.4, -0.2) is 61.0 Å². The van der Waals surface area contributed by atoms with E-state index in [0.29, 0.717) is 13.2 Å². The summed E-state index contributed by atoms with van der Waals surface area (Å²) >= 11 is 0. The number of hydrogen-bond donors (Lipinski definition) is 1. The first kappa shape index (κ1) is 20.1. The van der Waals surface area contributed by atoms with E-state index < -0.39 is 0 Å². The summed E-state index contributed by atoms with van der Waals surface area (Å²) in [5.41, 5.74) is 1.60. The Kier molecular flexibility index (Phi) is 6.28. The van der Waals surface area contributed by atoms with Crippen molar-refractivity contribution < 1.29 is 18.8 Å². The SMILES string of the molecule is COCC(=O)N[C@@H]1CCCC[C@@]12CN(Cc1cc(-c3ccccc3)on1)CCO2. The van der Waals surface area contributed by atoms with Crippen molar-refractivity contribution >= 4 is 5.91 Å². The summed E-state index contributed by atoms with van der Waals surface area (Å²) in [5, 5.41) is 7.41. The topological polar surface area (TPSA) is 76.8 Å². The van der Waals surface area contributed by atoms with Gasteiger partial charge in [0.25, 0.3) is 0 Å². The van der Waals surface area contributed by atoms with Gasteiger partial charge in [-0.2, -0.15) is 0 Å². The molecule has 1 amide bonds. The third-order valence-corrected chi connectivity index (χ3v) is 5.88. The van der Waals surface area contributed by atoms with E-state index in [4.69, 9.17) is 14.0 Å². The van der Waals surface area contributed by atoms with Gasteiger partial charge >= 0.3 is 0 Å². The molecule has 0 bridgehead atoms. The molecule has 1 aliphatic carbocycles. The molecule has 29 heavy (non-hydrogen) atoms. The number of methoxy groups -OCH3 is 1. The molecule has 156 valence electrons. The molecular weight excluding hydrogens is 370 g/mol. The number of nitrogens with zero attached hydrogens (tertiary/aromatic N) is 2. The molecule has 1 spiro atoms. The monoisotopic (exact) mass is 399 g/mol. The van der Waals surface area contributed by atoms with Crippen LogP contribution in [0.2, 0.25) is 0 Å². The van der Waals surface area contributed by atoms with Crippen molar-refractivity contribution in [3.05, 3.63) is 42.1 Å². The summed E-state index contributed by atoms with van der Waals surface area (Å²) in [7, 11) is 1.54. The molecule has 0 unspecified atom stereocenters. The molecule has 7 heteroatoms. The number of carbonyl (C=O) groups is 1. The minimum Gasteiger partial charge on any atom is -0.375 e. The van der Waals surface area contributed by atoms with Gasteiger partial charge in [0.2, 0.25) is 5.91 Å². The van der Waals surface area contributed by atoms with Gasteiger partial charge in [-0.1, -0.05) is 48.3 Å². The Morgan fingerprint density at radius 3 is 3.03 bits per heavy atom. The van der Waals surface area contributed by atoms with Gasteiger partial charge in [0.1, 0.15) is 12.2 Å². The Morgan fingerprint density at radius 1 is 1.34 bits per heavy atom. The zero-order valence-electron chi connectivity index (χ0n) is 16.9. The quantitative estimate of drug-likeness (QED) is 0.805. The van der Waals surface area contributed by atoms with Gasteiger partial charge in [-0.25, -0.2) is 0 Å². The number of hydrogen-bond acceptors (Lipinski definition) is 6. The van der Waals surface area contributed by atoms with E-state index in [1.165, 1.54) is 7.11 Å². The maximum absolute atomic E-state index is 12.1. The summed E-state index contributed by atoms with van der Waals surface area (Å²) in [6.45, 7) is 3.06. The Balaban J connectivity index is 1.43. The standard InChI is InChI=1S/C22H29N3O4/c1-27-15-21(26)23-20-9-5-6-10-22(20)16-25(11-12-28-22)14-18-13-19(29-24-18)17-7-3-2-4-8-17/h2-4,7-8,13,20H,5-6,9-12,14-16H2,1H3,(H,23,26)/t20-,22-/m1/s1. The molecule has 1 aliphatic heterocycles. The smallest absolute Gasteiger partial charge is 0.246 e. The first-order valence-electron chi connectivity index (χ1n) is 10.3. The molecule has 1 saturated heterocycles. The van der Waals surface area contributed by atoms with Gasteiger partial charge in [0.15, 0.2) is 5.76 Å². The summed E-state index contributed by atoms with van der Waals surface area (Å²) in [5.74, 6) is 0.703. The molecule has 7 nitrogen and oxygen atoms in total. The second-order valence-electron chi connectivity index (χ2n) is 7.97. The highest BCUT2D eigenvalue weighted by Gasteiger charge is 2.45. The van der Waals surface area contributed by atoms with Crippen LogP contribution in [0.1, 0.15) is 31.4 Å². The average molecular weight is 399 g/mol. The second kappa shape index (κ2) is 9.07. The van der Waals surface area contributed by atoms with Crippen molar-refractivity contribution in [3.8, 4) is 11.3 Å². The lowest BCUT2D eigenvalue weighted by Crippen LogP contribution is -2.64. The van der Waals surface area contributed by atoms with E-state index in [-0.39, 0.29) is 24.2 Å². The summed E-state index contributed by atoms with van der Waals surface area (Å²) in [4.78, 5) is 14.5. The molecule has 2 aliphatic rings. The zero-order valence-corrected chi connectivity index (χ0v) is 16.9. The number of nitrogens with one attached hydrogen (secondary N) is 1. The molecule has 1 aromatic carbocycles. The predicted molar refractivity (Wildman–Crippen MR) is 108 cm³/mol. The minimum atomic E-state index is -0.341. The minimum absolute atomic E-state index is 0.0129. The van der Waals surface area contributed by atoms with E-state index in [2.05, 4.69) is 15.4 Å². The number of aromatic nitrogens is 1. The van der Waals surface area contributed by atoms with E-state index in [1.807, 2.05) is 36.4 Å². The zero-order chi connectivity index (χ0) is 20.1. The van der Waals surface area contributed by atoms with Crippen molar-refractivity contribution in [2.45, 2.75) is 43.9 Å². The van der Waals surface area contributed by atoms with Crippen LogP contribution in [0.25, 0.3) is 11.3 Å². The Labute approximate surface area is 171 Å². The molecule has 4 rings (SSSR count). The number of rotatable bonds is 6. The molecule has 1 saturated carbocycles. The highest BCUT2D eigenvalue weighted by molar-refractivity contribution is 5.77. The summed E-state index contributed by atoms with van der Waals surface area (Å²) in [6.07, 6.45) is 4.11. The average Bonchev–Trinajstić information content (AvgIpc) is 3.19. The molecule has 2 aromatic rings. The van der Waals surface area contributed by atoms with Gasteiger partial charge in [-0.15, -0.1) is 0 Å². The van der Waals surface area contributed by atoms with Crippen molar-refractivity contribution in [2.24, 2.45) is 0 Å². The van der Waals surface area contributed by atoms with Crippen LogP contribution >= 0.6 is 0 Å². The van der Waals surface area contributed by atoms with Crippen LogP contribution in [0, 0.1) is 0 Å². The summed E-state index contributed by atoms with van der Waals surface area (Å²) < 4.78 is 16.8. The van der Waals surface area contributed by atoms with Gasteiger partial charge in [-0.3, -0.25) is 9.69 Å². The van der Waals surface area contributed by atoms with E-state index >= 15 is 0 Å². The Morgan fingerprint density at radius 2 is 2.21 bits per heavy atom. The van der Waals surface area contributed by atoms with Crippen molar-refractivity contribution in [2.75, 3.05) is 33.4 Å². The first-order valence-corrected chi connectivity index (χ1v) is 10.3. The van der Waals surface area contributed by atoms with Gasteiger partial charge in [0.05, 0.1) is 18.3 Å². The lowest BCUT2D eigenvalue weighted by Gasteiger charge is -2.49. The molecule has 1 N–H and O–H groups in total. The fraction of sp³-hybridized carbons (Fsp3) is 0.545.